The second-order valence-corrected chi connectivity index (χ2v) is 8.54. The van der Waals surface area contributed by atoms with Gasteiger partial charge in [0.05, 0.1) is 11.8 Å². The molecule has 0 spiro atoms. The van der Waals surface area contributed by atoms with E-state index in [1.165, 1.54) is 23.3 Å². The van der Waals surface area contributed by atoms with Gasteiger partial charge in [0.15, 0.2) is 0 Å². The summed E-state index contributed by atoms with van der Waals surface area (Å²) in [6.45, 7) is 0.446. The molecule has 1 aliphatic rings. The number of aryl methyl sites for hydroxylation is 1. The number of thiophene rings is 1. The number of benzene rings is 1. The summed E-state index contributed by atoms with van der Waals surface area (Å²) in [6.07, 6.45) is 6.69. The zero-order valence-corrected chi connectivity index (χ0v) is 17.4. The maximum atomic E-state index is 13.4. The monoisotopic (exact) mass is 437 g/mol. The Morgan fingerprint density at radius 1 is 1.26 bits per heavy atom. The summed E-state index contributed by atoms with van der Waals surface area (Å²) in [5.41, 5.74) is 2.71. The molecule has 1 unspecified atom stereocenters. The predicted molar refractivity (Wildman–Crippen MR) is 113 cm³/mol. The number of tetrazole rings is 1. The molecule has 1 aromatic carbocycles. The van der Waals surface area contributed by atoms with Gasteiger partial charge in [0.25, 0.3) is 5.91 Å². The number of fused-ring (bicyclic) bond motifs is 1. The molecule has 3 heterocycles. The number of rotatable bonds is 7. The summed E-state index contributed by atoms with van der Waals surface area (Å²) >= 11 is 1.58. The van der Waals surface area contributed by atoms with Crippen LogP contribution in [0.15, 0.2) is 53.4 Å². The lowest BCUT2D eigenvalue weighted by Gasteiger charge is -2.16. The van der Waals surface area contributed by atoms with Gasteiger partial charge in [0, 0.05) is 17.3 Å². The average molecular weight is 438 g/mol. The first-order chi connectivity index (χ1) is 15.2. The van der Waals surface area contributed by atoms with Crippen LogP contribution in [0.25, 0.3) is 5.00 Å². The van der Waals surface area contributed by atoms with Gasteiger partial charge in [0.2, 0.25) is 0 Å². The van der Waals surface area contributed by atoms with Gasteiger partial charge < -0.3 is 9.73 Å². The molecule has 0 saturated heterocycles. The standard InChI is InChI=1S/C22H20FN5O2S/c23-15-8-6-14(7-9-15)16(18-4-2-12-30-18)10-11-24-21(29)20-17-3-1-5-19(17)31-22(20)28-13-25-26-27-28/h2,4,6-9,12-13,16H,1,3,5,10-11H2,(H,24,29). The van der Waals surface area contributed by atoms with Gasteiger partial charge in [-0.2, -0.15) is 4.68 Å². The maximum absolute atomic E-state index is 13.4. The van der Waals surface area contributed by atoms with E-state index in [0.29, 0.717) is 18.5 Å². The molecule has 3 aromatic heterocycles. The van der Waals surface area contributed by atoms with Crippen molar-refractivity contribution in [2.45, 2.75) is 31.6 Å². The van der Waals surface area contributed by atoms with E-state index in [-0.39, 0.29) is 17.6 Å². The first-order valence-corrected chi connectivity index (χ1v) is 11.0. The van der Waals surface area contributed by atoms with Crippen LogP contribution in [0.1, 0.15) is 50.9 Å². The van der Waals surface area contributed by atoms with Crippen LogP contribution in [0.2, 0.25) is 0 Å². The fourth-order valence-electron chi connectivity index (χ4n) is 4.12. The highest BCUT2D eigenvalue weighted by molar-refractivity contribution is 7.15. The van der Waals surface area contributed by atoms with Gasteiger partial charge in [-0.3, -0.25) is 4.79 Å². The first-order valence-electron chi connectivity index (χ1n) is 10.2. The van der Waals surface area contributed by atoms with E-state index in [4.69, 9.17) is 4.42 Å². The van der Waals surface area contributed by atoms with E-state index < -0.39 is 0 Å². The minimum atomic E-state index is -0.281. The normalized spacial score (nSPS) is 13.8. The molecule has 0 saturated carbocycles. The molecule has 0 radical (unpaired) electrons. The number of nitrogens with one attached hydrogen (secondary N) is 1. The van der Waals surface area contributed by atoms with Crippen LogP contribution in [-0.4, -0.2) is 32.7 Å². The summed E-state index contributed by atoms with van der Waals surface area (Å²) in [7, 11) is 0. The minimum absolute atomic E-state index is 0.0805. The maximum Gasteiger partial charge on any atom is 0.254 e. The highest BCUT2D eigenvalue weighted by Crippen LogP contribution is 2.37. The molecule has 1 amide bonds. The summed E-state index contributed by atoms with van der Waals surface area (Å²) in [6, 6.07) is 10.1. The van der Waals surface area contributed by atoms with Crippen molar-refractivity contribution in [3.63, 3.8) is 0 Å². The number of carbonyl (C=O) groups is 1. The van der Waals surface area contributed by atoms with Crippen molar-refractivity contribution in [1.82, 2.24) is 25.5 Å². The topological polar surface area (TPSA) is 85.8 Å². The van der Waals surface area contributed by atoms with Crippen LogP contribution < -0.4 is 5.32 Å². The zero-order valence-electron chi connectivity index (χ0n) is 16.6. The summed E-state index contributed by atoms with van der Waals surface area (Å²) < 4.78 is 20.5. The summed E-state index contributed by atoms with van der Waals surface area (Å²) in [5.74, 6) is 0.300. The SMILES string of the molecule is O=C(NCCC(c1ccc(F)cc1)c1ccco1)c1c(-n2cnnn2)sc2c1CCC2. The Labute approximate surface area is 181 Å². The number of furan rings is 1. The Balaban J connectivity index is 1.34. The number of nitrogens with zero attached hydrogens (tertiary/aromatic N) is 4. The Hall–Kier alpha value is -3.33. The predicted octanol–water partition coefficient (Wildman–Crippen LogP) is 3.90. The fraction of sp³-hybridized carbons (Fsp3) is 0.273. The molecule has 1 N–H and O–H groups in total. The van der Waals surface area contributed by atoms with E-state index in [2.05, 4.69) is 20.8 Å². The lowest BCUT2D eigenvalue weighted by Crippen LogP contribution is -2.27. The number of hydrogen-bond acceptors (Lipinski definition) is 6. The van der Waals surface area contributed by atoms with Gasteiger partial charge in [0.1, 0.15) is 22.9 Å². The lowest BCUT2D eigenvalue weighted by molar-refractivity contribution is 0.0952. The second-order valence-electron chi connectivity index (χ2n) is 7.46. The number of halogens is 1. The molecule has 7 nitrogen and oxygen atoms in total. The molecular formula is C22H20FN5O2S. The van der Waals surface area contributed by atoms with Crippen molar-refractivity contribution in [3.05, 3.63) is 82.1 Å². The molecule has 158 valence electrons. The Bertz CT molecular complexity index is 1170. The molecule has 0 aliphatic heterocycles. The zero-order chi connectivity index (χ0) is 21.2. The molecule has 1 aliphatic carbocycles. The summed E-state index contributed by atoms with van der Waals surface area (Å²) in [5, 5.41) is 15.2. The van der Waals surface area contributed by atoms with Gasteiger partial charge in [-0.1, -0.05) is 12.1 Å². The third-order valence-electron chi connectivity index (χ3n) is 5.56. The van der Waals surface area contributed by atoms with Gasteiger partial charge in [-0.05, 0) is 71.5 Å². The number of aromatic nitrogens is 4. The van der Waals surface area contributed by atoms with Crippen LogP contribution in [0.4, 0.5) is 4.39 Å². The van der Waals surface area contributed by atoms with Gasteiger partial charge in [-0.15, -0.1) is 16.4 Å². The van der Waals surface area contributed by atoms with E-state index in [1.54, 1.807) is 34.4 Å². The first kappa shape index (κ1) is 19.6. The van der Waals surface area contributed by atoms with Crippen LogP contribution in [-0.2, 0) is 12.8 Å². The summed E-state index contributed by atoms with van der Waals surface area (Å²) in [4.78, 5) is 14.4. The van der Waals surface area contributed by atoms with Crippen molar-refractivity contribution in [2.75, 3.05) is 6.54 Å². The Morgan fingerprint density at radius 2 is 2.13 bits per heavy atom. The van der Waals surface area contributed by atoms with Crippen LogP contribution in [0.5, 0.6) is 0 Å². The van der Waals surface area contributed by atoms with E-state index >= 15 is 0 Å². The highest BCUT2D eigenvalue weighted by atomic mass is 32.1. The van der Waals surface area contributed by atoms with Crippen LogP contribution in [0.3, 0.4) is 0 Å². The van der Waals surface area contributed by atoms with Crippen molar-refractivity contribution in [2.24, 2.45) is 0 Å². The molecule has 0 bridgehead atoms. The fourth-order valence-corrected chi connectivity index (χ4v) is 5.42. The molecule has 4 aromatic rings. The highest BCUT2D eigenvalue weighted by Gasteiger charge is 2.28. The average Bonchev–Trinajstić information content (AvgIpc) is 3.56. The molecule has 31 heavy (non-hydrogen) atoms. The lowest BCUT2D eigenvalue weighted by atomic mass is 9.93. The second kappa shape index (κ2) is 8.43. The molecule has 0 fully saturated rings. The van der Waals surface area contributed by atoms with E-state index in [1.807, 2.05) is 12.1 Å². The number of amides is 1. The van der Waals surface area contributed by atoms with E-state index in [9.17, 15) is 9.18 Å². The smallest absolute Gasteiger partial charge is 0.254 e. The van der Waals surface area contributed by atoms with Gasteiger partial charge >= 0.3 is 0 Å². The molecule has 5 rings (SSSR count). The molecular weight excluding hydrogens is 417 g/mol. The number of carbonyl (C=O) groups excluding carboxylic acids is 1. The van der Waals surface area contributed by atoms with Gasteiger partial charge in [-0.25, -0.2) is 4.39 Å². The quantitative estimate of drug-likeness (QED) is 0.474. The largest absolute Gasteiger partial charge is 0.469 e. The molecule has 9 heteroatoms. The van der Waals surface area contributed by atoms with Crippen molar-refractivity contribution < 1.29 is 13.6 Å². The Morgan fingerprint density at radius 3 is 2.87 bits per heavy atom. The molecule has 1 atom stereocenters. The van der Waals surface area contributed by atoms with Crippen molar-refractivity contribution >= 4 is 17.2 Å². The number of hydrogen-bond donors (Lipinski definition) is 1. The Kier molecular flexibility index (Phi) is 5.33. The van der Waals surface area contributed by atoms with E-state index in [0.717, 1.165) is 41.2 Å². The van der Waals surface area contributed by atoms with Crippen LogP contribution in [0, 0.1) is 5.82 Å². The third kappa shape index (κ3) is 3.88. The van der Waals surface area contributed by atoms with Crippen molar-refractivity contribution in [1.29, 1.82) is 0 Å². The minimum Gasteiger partial charge on any atom is -0.469 e. The van der Waals surface area contributed by atoms with Crippen LogP contribution >= 0.6 is 11.3 Å². The third-order valence-corrected chi connectivity index (χ3v) is 6.85. The van der Waals surface area contributed by atoms with Crippen molar-refractivity contribution in [3.8, 4) is 5.00 Å².